The zero-order valence-corrected chi connectivity index (χ0v) is 18.1. The zero-order valence-electron chi connectivity index (χ0n) is 17.3. The molecule has 0 radical (unpaired) electrons. The Morgan fingerprint density at radius 2 is 1.74 bits per heavy atom. The Labute approximate surface area is 186 Å². The number of methoxy groups -OCH3 is 1. The molecule has 1 fully saturated rings. The van der Waals surface area contributed by atoms with E-state index in [1.807, 2.05) is 36.4 Å². The summed E-state index contributed by atoms with van der Waals surface area (Å²) < 4.78 is 11.4. The second kappa shape index (κ2) is 8.04. The number of halogens is 1. The van der Waals surface area contributed by atoms with Crippen LogP contribution in [0.2, 0.25) is 5.02 Å². The smallest absolute Gasteiger partial charge is 0.290 e. The lowest BCUT2D eigenvalue weighted by molar-refractivity contribution is -0.135. The highest BCUT2D eigenvalue weighted by molar-refractivity contribution is 6.30. The van der Waals surface area contributed by atoms with Gasteiger partial charge in [0.25, 0.3) is 5.91 Å². The fourth-order valence-electron chi connectivity index (χ4n) is 4.97. The van der Waals surface area contributed by atoms with Gasteiger partial charge in [-0.05, 0) is 54.7 Å². The minimum absolute atomic E-state index is 0.0662. The number of carbonyl (C=O) groups is 2. The van der Waals surface area contributed by atoms with Crippen molar-refractivity contribution < 1.29 is 19.1 Å². The van der Waals surface area contributed by atoms with Crippen LogP contribution in [0.25, 0.3) is 0 Å². The van der Waals surface area contributed by atoms with Crippen molar-refractivity contribution in [2.45, 2.75) is 44.4 Å². The molecule has 5 rings (SSSR count). The number of nitrogens with zero attached hydrogens (tertiary/aromatic N) is 1. The van der Waals surface area contributed by atoms with Crippen LogP contribution < -0.4 is 4.74 Å². The van der Waals surface area contributed by atoms with E-state index in [2.05, 4.69) is 0 Å². The lowest BCUT2D eigenvalue weighted by Crippen LogP contribution is -2.39. The number of ether oxygens (including phenoxy) is 2. The van der Waals surface area contributed by atoms with Crippen LogP contribution >= 0.6 is 11.6 Å². The van der Waals surface area contributed by atoms with Gasteiger partial charge in [-0.25, -0.2) is 0 Å². The molecule has 3 atom stereocenters. The van der Waals surface area contributed by atoms with Gasteiger partial charge < -0.3 is 14.4 Å². The number of hydrogen-bond donors (Lipinski definition) is 0. The number of Topliss-reactive ketones (excluding diaryl/α,β-unsaturated/α-hetero) is 1. The number of amides is 1. The molecule has 0 aromatic heterocycles. The molecule has 0 bridgehead atoms. The van der Waals surface area contributed by atoms with Crippen molar-refractivity contribution in [3.05, 3.63) is 76.0 Å². The van der Waals surface area contributed by atoms with E-state index in [0.29, 0.717) is 17.1 Å². The maximum absolute atomic E-state index is 13.6. The Hall–Kier alpha value is -2.79. The molecule has 1 saturated carbocycles. The van der Waals surface area contributed by atoms with Gasteiger partial charge in [0.15, 0.2) is 11.5 Å². The second-order valence-corrected chi connectivity index (χ2v) is 8.83. The SMILES string of the molecule is COc1ccc(CN2C(=O)C3=C(C(=O)C4CCCCC4O3)C2c2ccc(Cl)cc2)cc1. The number of benzene rings is 2. The molecule has 0 spiro atoms. The van der Waals surface area contributed by atoms with Crippen LogP contribution in [-0.4, -0.2) is 29.8 Å². The Balaban J connectivity index is 1.55. The van der Waals surface area contributed by atoms with Gasteiger partial charge in [-0.15, -0.1) is 0 Å². The topological polar surface area (TPSA) is 55.8 Å². The van der Waals surface area contributed by atoms with Gasteiger partial charge in [0, 0.05) is 11.6 Å². The third-order valence-electron chi connectivity index (χ3n) is 6.56. The van der Waals surface area contributed by atoms with Gasteiger partial charge in [0.1, 0.15) is 11.9 Å². The van der Waals surface area contributed by atoms with Crippen molar-refractivity contribution in [2.75, 3.05) is 7.11 Å². The maximum atomic E-state index is 13.6. The van der Waals surface area contributed by atoms with Crippen molar-refractivity contribution in [2.24, 2.45) is 5.92 Å². The van der Waals surface area contributed by atoms with Crippen molar-refractivity contribution >= 4 is 23.3 Å². The molecule has 2 aliphatic heterocycles. The average Bonchev–Trinajstić information content (AvgIpc) is 3.07. The first-order chi connectivity index (χ1) is 15.1. The van der Waals surface area contributed by atoms with Crippen LogP contribution in [0.1, 0.15) is 42.9 Å². The molecule has 5 nitrogen and oxygen atoms in total. The van der Waals surface area contributed by atoms with E-state index in [4.69, 9.17) is 21.1 Å². The molecule has 3 aliphatic rings. The summed E-state index contributed by atoms with van der Waals surface area (Å²) >= 11 is 6.10. The number of rotatable bonds is 4. The van der Waals surface area contributed by atoms with E-state index in [-0.39, 0.29) is 29.5 Å². The van der Waals surface area contributed by atoms with Gasteiger partial charge in [-0.2, -0.15) is 0 Å². The molecule has 31 heavy (non-hydrogen) atoms. The molecule has 1 aliphatic carbocycles. The Morgan fingerprint density at radius 1 is 1.03 bits per heavy atom. The largest absolute Gasteiger partial charge is 0.497 e. The third kappa shape index (κ3) is 3.51. The van der Waals surface area contributed by atoms with Crippen molar-refractivity contribution in [1.82, 2.24) is 4.90 Å². The number of hydrogen-bond acceptors (Lipinski definition) is 4. The lowest BCUT2D eigenvalue weighted by atomic mass is 9.77. The molecule has 2 heterocycles. The fourth-order valence-corrected chi connectivity index (χ4v) is 5.10. The molecule has 0 saturated heterocycles. The molecule has 2 aromatic rings. The van der Waals surface area contributed by atoms with Gasteiger partial charge in [-0.1, -0.05) is 42.3 Å². The van der Waals surface area contributed by atoms with Crippen molar-refractivity contribution in [1.29, 1.82) is 0 Å². The van der Waals surface area contributed by atoms with E-state index >= 15 is 0 Å². The third-order valence-corrected chi connectivity index (χ3v) is 6.81. The van der Waals surface area contributed by atoms with E-state index in [0.717, 1.165) is 42.6 Å². The summed E-state index contributed by atoms with van der Waals surface area (Å²) in [5.41, 5.74) is 2.32. The first-order valence-electron chi connectivity index (χ1n) is 10.7. The highest BCUT2D eigenvalue weighted by atomic mass is 35.5. The first kappa shape index (κ1) is 20.1. The summed E-state index contributed by atoms with van der Waals surface area (Å²) in [4.78, 5) is 28.8. The Bertz CT molecular complexity index is 1040. The summed E-state index contributed by atoms with van der Waals surface area (Å²) in [7, 11) is 1.62. The maximum Gasteiger partial charge on any atom is 0.290 e. The highest BCUT2D eigenvalue weighted by Gasteiger charge is 2.51. The van der Waals surface area contributed by atoms with Crippen LogP contribution in [0.15, 0.2) is 59.9 Å². The van der Waals surface area contributed by atoms with Gasteiger partial charge in [-0.3, -0.25) is 9.59 Å². The molecule has 160 valence electrons. The molecule has 0 N–H and O–H groups in total. The van der Waals surface area contributed by atoms with E-state index in [9.17, 15) is 9.59 Å². The Kier molecular flexibility index (Phi) is 5.22. The zero-order chi connectivity index (χ0) is 21.5. The van der Waals surface area contributed by atoms with Gasteiger partial charge in [0.05, 0.1) is 24.6 Å². The first-order valence-corrected chi connectivity index (χ1v) is 11.1. The number of carbonyl (C=O) groups excluding carboxylic acids is 2. The number of fused-ring (bicyclic) bond motifs is 1. The predicted octanol–water partition coefficient (Wildman–Crippen LogP) is 4.84. The average molecular weight is 438 g/mol. The number of ketones is 1. The highest BCUT2D eigenvalue weighted by Crippen LogP contribution is 2.47. The predicted molar refractivity (Wildman–Crippen MR) is 117 cm³/mol. The second-order valence-electron chi connectivity index (χ2n) is 8.39. The monoisotopic (exact) mass is 437 g/mol. The Morgan fingerprint density at radius 3 is 2.45 bits per heavy atom. The summed E-state index contributed by atoms with van der Waals surface area (Å²) in [5.74, 6) is 0.683. The van der Waals surface area contributed by atoms with Gasteiger partial charge >= 0.3 is 0 Å². The van der Waals surface area contributed by atoms with Crippen molar-refractivity contribution in [3.63, 3.8) is 0 Å². The molecule has 3 unspecified atom stereocenters. The van der Waals surface area contributed by atoms with Crippen LogP contribution in [0.3, 0.4) is 0 Å². The normalized spacial score (nSPS) is 25.2. The summed E-state index contributed by atoms with van der Waals surface area (Å²) in [6.07, 6.45) is 3.51. The quantitative estimate of drug-likeness (QED) is 0.686. The standard InChI is InChI=1S/C25H24ClNO4/c1-30-18-12-6-15(7-13-18)14-27-22(16-8-10-17(26)11-9-16)21-23(28)19-4-2-3-5-20(19)31-24(21)25(27)29/h6-13,19-20,22H,2-5,14H2,1H3. The van der Waals surface area contributed by atoms with Crippen LogP contribution in [0, 0.1) is 5.92 Å². The van der Waals surface area contributed by atoms with Crippen molar-refractivity contribution in [3.8, 4) is 5.75 Å². The molecule has 1 amide bonds. The van der Waals surface area contributed by atoms with E-state index in [1.54, 1.807) is 24.1 Å². The van der Waals surface area contributed by atoms with Crippen LogP contribution in [-0.2, 0) is 20.9 Å². The van der Waals surface area contributed by atoms with Crippen LogP contribution in [0.5, 0.6) is 5.75 Å². The molecule has 2 aromatic carbocycles. The van der Waals surface area contributed by atoms with E-state index < -0.39 is 6.04 Å². The summed E-state index contributed by atoms with van der Waals surface area (Å²) in [5, 5.41) is 0.613. The van der Waals surface area contributed by atoms with Gasteiger partial charge in [0.2, 0.25) is 0 Å². The van der Waals surface area contributed by atoms with Crippen LogP contribution in [0.4, 0.5) is 0 Å². The van der Waals surface area contributed by atoms with E-state index in [1.165, 1.54) is 0 Å². The minimum atomic E-state index is -0.475. The molecule has 6 heteroatoms. The lowest BCUT2D eigenvalue weighted by Gasteiger charge is -2.35. The fraction of sp³-hybridized carbons (Fsp3) is 0.360. The minimum Gasteiger partial charge on any atom is -0.497 e. The molecular weight excluding hydrogens is 414 g/mol. The summed E-state index contributed by atoms with van der Waals surface area (Å²) in [6.45, 7) is 0.370. The molecular formula is C25H24ClNO4. The summed E-state index contributed by atoms with van der Waals surface area (Å²) in [6, 6.07) is 14.5.